The summed E-state index contributed by atoms with van der Waals surface area (Å²) in [5.74, 6) is 0.0524. The van der Waals surface area contributed by atoms with Gasteiger partial charge in [-0.05, 0) is 53.3 Å². The number of fused-ring (bicyclic) bond motifs is 3. The van der Waals surface area contributed by atoms with Crippen molar-refractivity contribution in [2.45, 2.75) is 23.8 Å². The smallest absolute Gasteiger partial charge is 0.279 e. The molecule has 7 nitrogen and oxygen atoms in total. The van der Waals surface area contributed by atoms with Crippen molar-refractivity contribution >= 4 is 34.9 Å². The molecule has 0 saturated carbocycles. The molecule has 166 valence electrons. The summed E-state index contributed by atoms with van der Waals surface area (Å²) >= 11 is 3.04. The van der Waals surface area contributed by atoms with Crippen molar-refractivity contribution < 1.29 is 9.59 Å². The van der Waals surface area contributed by atoms with Crippen molar-refractivity contribution in [2.75, 3.05) is 0 Å². The Morgan fingerprint density at radius 3 is 2.58 bits per heavy atom. The van der Waals surface area contributed by atoms with Gasteiger partial charge in [0.2, 0.25) is 0 Å². The number of amides is 2. The van der Waals surface area contributed by atoms with Crippen LogP contribution in [0.5, 0.6) is 0 Å². The molecule has 4 aromatic rings. The topological polar surface area (TPSA) is 88.9 Å². The summed E-state index contributed by atoms with van der Waals surface area (Å²) in [6.45, 7) is 0. The Balaban J connectivity index is 1.18. The average Bonchev–Trinajstić information content (AvgIpc) is 3.47. The Kier molecular flexibility index (Phi) is 5.97. The summed E-state index contributed by atoms with van der Waals surface area (Å²) < 4.78 is 1.86. The van der Waals surface area contributed by atoms with Gasteiger partial charge in [-0.25, -0.2) is 0 Å². The van der Waals surface area contributed by atoms with E-state index in [1.807, 2.05) is 41.9 Å². The van der Waals surface area contributed by atoms with Gasteiger partial charge in [0, 0.05) is 23.2 Å². The van der Waals surface area contributed by atoms with Gasteiger partial charge in [-0.1, -0.05) is 48.2 Å². The van der Waals surface area contributed by atoms with Gasteiger partial charge in [-0.15, -0.1) is 21.5 Å². The van der Waals surface area contributed by atoms with E-state index in [-0.39, 0.29) is 11.8 Å². The quantitative estimate of drug-likeness (QED) is 0.336. The zero-order chi connectivity index (χ0) is 22.8. The average molecular weight is 476 g/mol. The van der Waals surface area contributed by atoms with E-state index in [4.69, 9.17) is 0 Å². The number of carbonyl (C=O) groups excluding carboxylic acids is 2. The first kappa shape index (κ1) is 21.4. The second-order valence-corrected chi connectivity index (χ2v) is 9.74. The van der Waals surface area contributed by atoms with Gasteiger partial charge < -0.3 is 4.57 Å². The molecule has 0 aliphatic heterocycles. The number of thioether (sulfide) groups is 1. The number of hydrazine groups is 1. The molecule has 0 atom stereocenters. The molecule has 5 rings (SSSR count). The third-order valence-electron chi connectivity index (χ3n) is 5.50. The first-order chi connectivity index (χ1) is 16.1. The van der Waals surface area contributed by atoms with E-state index in [1.165, 1.54) is 28.0 Å². The molecular formula is C24H21N5O2S2. The Morgan fingerprint density at radius 1 is 1.03 bits per heavy atom. The van der Waals surface area contributed by atoms with Crippen LogP contribution in [0.15, 0.2) is 66.1 Å². The van der Waals surface area contributed by atoms with Gasteiger partial charge in [0.25, 0.3) is 11.8 Å². The number of hydrogen-bond acceptors (Lipinski definition) is 6. The van der Waals surface area contributed by atoms with Gasteiger partial charge in [-0.2, -0.15) is 0 Å². The second-order valence-electron chi connectivity index (χ2n) is 7.74. The van der Waals surface area contributed by atoms with E-state index in [1.54, 1.807) is 30.2 Å². The predicted molar refractivity (Wildman–Crippen MR) is 129 cm³/mol. The highest BCUT2D eigenvalue weighted by Crippen LogP contribution is 2.39. The Morgan fingerprint density at radius 2 is 1.79 bits per heavy atom. The predicted octanol–water partition coefficient (Wildman–Crippen LogP) is 4.01. The van der Waals surface area contributed by atoms with E-state index in [2.05, 4.69) is 33.2 Å². The van der Waals surface area contributed by atoms with Crippen LogP contribution in [0.1, 0.15) is 36.7 Å². The molecule has 33 heavy (non-hydrogen) atoms. The minimum atomic E-state index is -0.359. The van der Waals surface area contributed by atoms with Gasteiger partial charge in [0.15, 0.2) is 5.16 Å². The Bertz CT molecular complexity index is 1330. The highest BCUT2D eigenvalue weighted by Gasteiger charge is 2.21. The number of hydrogen-bond donors (Lipinski definition) is 2. The molecular weight excluding hydrogens is 454 g/mol. The first-order valence-corrected chi connectivity index (χ1v) is 12.3. The molecule has 2 N–H and O–H groups in total. The van der Waals surface area contributed by atoms with Crippen molar-refractivity contribution in [3.05, 3.63) is 88.1 Å². The maximum atomic E-state index is 12.7. The number of nitrogens with one attached hydrogen (secondary N) is 2. The number of benzene rings is 2. The Labute approximate surface area is 199 Å². The third kappa shape index (κ3) is 4.55. The number of carbonyl (C=O) groups is 2. The molecule has 1 aliphatic carbocycles. The summed E-state index contributed by atoms with van der Waals surface area (Å²) in [6.07, 6.45) is 3.56. The minimum Gasteiger partial charge on any atom is -0.312 e. The van der Waals surface area contributed by atoms with Crippen molar-refractivity contribution in [3.63, 3.8) is 0 Å². The highest BCUT2D eigenvalue weighted by atomic mass is 32.2. The van der Waals surface area contributed by atoms with E-state index in [9.17, 15) is 9.59 Å². The molecule has 0 bridgehead atoms. The molecule has 9 heteroatoms. The lowest BCUT2D eigenvalue weighted by Crippen LogP contribution is -2.41. The summed E-state index contributed by atoms with van der Waals surface area (Å²) in [5, 5.41) is 8.74. The second kappa shape index (κ2) is 9.21. The minimum absolute atomic E-state index is 0.308. The van der Waals surface area contributed by atoms with Crippen molar-refractivity contribution in [2.24, 2.45) is 7.05 Å². The van der Waals surface area contributed by atoms with Crippen LogP contribution in [0, 0.1) is 0 Å². The van der Waals surface area contributed by atoms with Gasteiger partial charge in [0.05, 0.1) is 4.88 Å². The first-order valence-electron chi connectivity index (χ1n) is 10.5. The van der Waals surface area contributed by atoms with Crippen LogP contribution in [0.2, 0.25) is 0 Å². The fourth-order valence-electron chi connectivity index (χ4n) is 3.73. The van der Waals surface area contributed by atoms with Crippen LogP contribution in [0.4, 0.5) is 0 Å². The Hall–Kier alpha value is -3.43. The van der Waals surface area contributed by atoms with Crippen LogP contribution in [0.3, 0.4) is 0 Å². The van der Waals surface area contributed by atoms with Crippen molar-refractivity contribution in [1.29, 1.82) is 0 Å². The monoisotopic (exact) mass is 475 g/mol. The van der Waals surface area contributed by atoms with Crippen LogP contribution in [-0.2, 0) is 25.6 Å². The maximum Gasteiger partial charge on any atom is 0.279 e. The summed E-state index contributed by atoms with van der Waals surface area (Å²) in [6, 6.07) is 17.5. The lowest BCUT2D eigenvalue weighted by atomic mass is 9.91. The summed E-state index contributed by atoms with van der Waals surface area (Å²) in [5.41, 5.74) is 10.3. The van der Waals surface area contributed by atoms with Crippen LogP contribution >= 0.6 is 23.1 Å². The number of thiophene rings is 1. The fourth-order valence-corrected chi connectivity index (χ4v) is 5.74. The van der Waals surface area contributed by atoms with Gasteiger partial charge in [0.1, 0.15) is 6.33 Å². The molecule has 2 aromatic heterocycles. The lowest BCUT2D eigenvalue weighted by molar-refractivity contribution is 0.0849. The van der Waals surface area contributed by atoms with E-state index < -0.39 is 0 Å². The normalized spacial score (nSPS) is 12.0. The fraction of sp³-hybridized carbons (Fsp3) is 0.167. The third-order valence-corrected chi connectivity index (χ3v) is 7.82. The zero-order valence-electron chi connectivity index (χ0n) is 17.9. The van der Waals surface area contributed by atoms with Crippen LogP contribution in [0.25, 0.3) is 10.4 Å². The van der Waals surface area contributed by atoms with Crippen LogP contribution in [-0.4, -0.2) is 26.6 Å². The number of rotatable bonds is 5. The van der Waals surface area contributed by atoms with Gasteiger partial charge in [-0.3, -0.25) is 20.4 Å². The van der Waals surface area contributed by atoms with E-state index >= 15 is 0 Å². The van der Waals surface area contributed by atoms with E-state index in [0.29, 0.717) is 10.4 Å². The highest BCUT2D eigenvalue weighted by molar-refractivity contribution is 7.98. The number of aryl methyl sites for hydroxylation is 3. The summed E-state index contributed by atoms with van der Waals surface area (Å²) in [7, 11) is 1.90. The molecule has 0 unspecified atom stereocenters. The molecule has 0 spiro atoms. The summed E-state index contributed by atoms with van der Waals surface area (Å²) in [4.78, 5) is 26.9. The zero-order valence-corrected chi connectivity index (χ0v) is 19.5. The molecule has 2 aromatic carbocycles. The van der Waals surface area contributed by atoms with Crippen LogP contribution < -0.4 is 10.9 Å². The standard InChI is InChI=1S/C24H21N5O2S2/c1-29-14-25-28-24(29)32-13-15-6-8-17(9-7-15)22(30)26-27-23(31)20-12-18-11-10-16-4-2-3-5-19(16)21(18)33-20/h2-9,12,14H,10-11,13H2,1H3,(H,26,30)(H,27,31). The van der Waals surface area contributed by atoms with E-state index in [0.717, 1.165) is 34.2 Å². The van der Waals surface area contributed by atoms with Gasteiger partial charge >= 0.3 is 0 Å². The maximum absolute atomic E-state index is 12.7. The van der Waals surface area contributed by atoms with Crippen molar-refractivity contribution in [1.82, 2.24) is 25.6 Å². The number of aromatic nitrogens is 3. The molecule has 1 aliphatic rings. The molecule has 2 amide bonds. The number of nitrogens with zero attached hydrogens (tertiary/aromatic N) is 3. The largest absolute Gasteiger partial charge is 0.312 e. The molecule has 0 saturated heterocycles. The van der Waals surface area contributed by atoms with Crippen molar-refractivity contribution in [3.8, 4) is 10.4 Å². The lowest BCUT2D eigenvalue weighted by Gasteiger charge is -2.15. The molecule has 0 radical (unpaired) electrons. The molecule has 0 fully saturated rings. The molecule has 2 heterocycles. The SMILES string of the molecule is Cn1cnnc1SCc1ccc(C(=O)NNC(=O)c2cc3c(s2)-c2ccccc2CC3)cc1.